The Labute approximate surface area is 174 Å². The van der Waals surface area contributed by atoms with Crippen LogP contribution in [-0.4, -0.2) is 39.3 Å². The normalized spacial score (nSPS) is 11.1. The molecule has 0 saturated carbocycles. The Morgan fingerprint density at radius 1 is 0.931 bits per heavy atom. The molecule has 162 valence electrons. The fraction of sp³-hybridized carbons (Fsp3) is 0.545. The second-order valence-electron chi connectivity index (χ2n) is 7.04. The molecule has 0 radical (unpaired) electrons. The van der Waals surface area contributed by atoms with Crippen LogP contribution in [0.4, 0.5) is 0 Å². The Hall–Kier alpha value is -2.15. The van der Waals surface area contributed by atoms with E-state index in [0.29, 0.717) is 6.61 Å². The van der Waals surface area contributed by atoms with Crippen molar-refractivity contribution in [1.82, 2.24) is 0 Å². The molecule has 0 N–H and O–H groups in total. The number of rotatable bonds is 14. The zero-order valence-corrected chi connectivity index (χ0v) is 18.3. The Kier molecular flexibility index (Phi) is 11.3. The second kappa shape index (κ2) is 13.1. The number of sulfone groups is 1. The molecule has 0 aliphatic heterocycles. The number of ether oxygens (including phenoxy) is 2. The number of aryl methyl sites for hydroxylation is 1. The third-order valence-electron chi connectivity index (χ3n) is 4.37. The van der Waals surface area contributed by atoms with Gasteiger partial charge in [-0.25, -0.2) is 13.2 Å². The maximum atomic E-state index is 12.2. The average molecular weight is 425 g/mol. The van der Waals surface area contributed by atoms with Gasteiger partial charge >= 0.3 is 11.9 Å². The van der Waals surface area contributed by atoms with Gasteiger partial charge in [0.2, 0.25) is 0 Å². The molecule has 7 heteroatoms. The zero-order valence-electron chi connectivity index (χ0n) is 17.4. The Bertz CT molecular complexity index is 765. The van der Waals surface area contributed by atoms with Crippen LogP contribution in [0.2, 0.25) is 0 Å². The lowest BCUT2D eigenvalue weighted by molar-refractivity contribution is -0.146. The molecule has 0 heterocycles. The predicted molar refractivity (Wildman–Crippen MR) is 112 cm³/mol. The van der Waals surface area contributed by atoms with Crippen molar-refractivity contribution in [3.8, 4) is 0 Å². The van der Waals surface area contributed by atoms with Gasteiger partial charge in [0.1, 0.15) is 6.61 Å². The van der Waals surface area contributed by atoms with E-state index in [1.165, 1.54) is 31.4 Å². The van der Waals surface area contributed by atoms with Crippen molar-refractivity contribution in [3.05, 3.63) is 42.0 Å². The number of hydrogen-bond donors (Lipinski definition) is 0. The maximum Gasteiger partial charge on any atom is 0.334 e. The summed E-state index contributed by atoms with van der Waals surface area (Å²) in [4.78, 5) is 23.8. The van der Waals surface area contributed by atoms with Crippen LogP contribution < -0.4 is 0 Å². The van der Waals surface area contributed by atoms with Crippen molar-refractivity contribution in [2.24, 2.45) is 0 Å². The first-order valence-corrected chi connectivity index (χ1v) is 11.7. The molecular formula is C22H32O6S. The summed E-state index contributed by atoms with van der Waals surface area (Å²) in [5.74, 6) is -1.66. The lowest BCUT2D eigenvalue weighted by Gasteiger charge is -2.09. The predicted octanol–water partition coefficient (Wildman–Crippen LogP) is 4.16. The van der Waals surface area contributed by atoms with E-state index >= 15 is 0 Å². The monoisotopic (exact) mass is 424 g/mol. The number of hydrogen-bond acceptors (Lipinski definition) is 6. The van der Waals surface area contributed by atoms with Crippen molar-refractivity contribution in [3.63, 3.8) is 0 Å². The van der Waals surface area contributed by atoms with Crippen LogP contribution >= 0.6 is 0 Å². The van der Waals surface area contributed by atoms with E-state index in [2.05, 4.69) is 13.5 Å². The summed E-state index contributed by atoms with van der Waals surface area (Å²) >= 11 is 0. The van der Waals surface area contributed by atoms with E-state index in [0.717, 1.165) is 24.8 Å². The molecule has 0 spiro atoms. The van der Waals surface area contributed by atoms with Crippen LogP contribution in [0.5, 0.6) is 0 Å². The second-order valence-corrected chi connectivity index (χ2v) is 9.15. The fourth-order valence-corrected chi connectivity index (χ4v) is 3.66. The first kappa shape index (κ1) is 24.9. The van der Waals surface area contributed by atoms with Gasteiger partial charge in [0.25, 0.3) is 0 Å². The lowest BCUT2D eigenvalue weighted by atomic mass is 10.1. The largest absolute Gasteiger partial charge is 0.465 e. The van der Waals surface area contributed by atoms with Crippen LogP contribution in [0.15, 0.2) is 41.3 Å². The first-order valence-electron chi connectivity index (χ1n) is 10.1. The average Bonchev–Trinajstić information content (AvgIpc) is 2.67. The van der Waals surface area contributed by atoms with Gasteiger partial charge < -0.3 is 9.47 Å². The molecular weight excluding hydrogens is 392 g/mol. The molecule has 0 fully saturated rings. The molecule has 0 atom stereocenters. The number of carbonyl (C=O) groups is 2. The summed E-state index contributed by atoms with van der Waals surface area (Å²) in [6.45, 7) is 7.57. The van der Waals surface area contributed by atoms with Crippen LogP contribution in [0.3, 0.4) is 0 Å². The SMILES string of the molecule is C=C(CC(=O)OCCCCCCCC)C(=O)OCCS(=O)(=O)c1ccc(C)cc1. The summed E-state index contributed by atoms with van der Waals surface area (Å²) in [5.41, 5.74) is 0.903. The summed E-state index contributed by atoms with van der Waals surface area (Å²) in [5, 5.41) is 0. The van der Waals surface area contributed by atoms with Crippen molar-refractivity contribution >= 4 is 21.8 Å². The van der Waals surface area contributed by atoms with Gasteiger partial charge in [-0.1, -0.05) is 63.3 Å². The number of carbonyl (C=O) groups excluding carboxylic acids is 2. The molecule has 6 nitrogen and oxygen atoms in total. The van der Waals surface area contributed by atoms with Gasteiger partial charge in [-0.05, 0) is 25.5 Å². The first-order chi connectivity index (χ1) is 13.8. The molecule has 29 heavy (non-hydrogen) atoms. The highest BCUT2D eigenvalue weighted by molar-refractivity contribution is 7.91. The summed E-state index contributed by atoms with van der Waals surface area (Å²) in [6.07, 6.45) is 6.25. The Morgan fingerprint density at radius 3 is 2.21 bits per heavy atom. The lowest BCUT2D eigenvalue weighted by Crippen LogP contribution is -2.18. The number of esters is 2. The van der Waals surface area contributed by atoms with Crippen LogP contribution in [0, 0.1) is 6.92 Å². The van der Waals surface area contributed by atoms with Crippen LogP contribution in [0.1, 0.15) is 57.4 Å². The van der Waals surface area contributed by atoms with E-state index in [-0.39, 0.29) is 29.2 Å². The standard InChI is InChI=1S/C22H32O6S/c1-4-5-6-7-8-9-14-27-21(23)17-19(3)22(24)28-15-16-29(25,26)20-12-10-18(2)11-13-20/h10-13H,3-9,14-17H2,1-2H3. The van der Waals surface area contributed by atoms with Crippen LogP contribution in [0.25, 0.3) is 0 Å². The summed E-state index contributed by atoms with van der Waals surface area (Å²) in [7, 11) is -3.54. The Balaban J connectivity index is 2.26. The van der Waals surface area contributed by atoms with Gasteiger partial charge in [-0.2, -0.15) is 0 Å². The number of unbranched alkanes of at least 4 members (excludes halogenated alkanes) is 5. The molecule has 0 aromatic heterocycles. The minimum absolute atomic E-state index is 0.0503. The van der Waals surface area contributed by atoms with Crippen molar-refractivity contribution < 1.29 is 27.5 Å². The highest BCUT2D eigenvalue weighted by atomic mass is 32.2. The summed E-state index contributed by atoms with van der Waals surface area (Å²) in [6, 6.07) is 6.45. The van der Waals surface area contributed by atoms with Gasteiger partial charge in [0, 0.05) is 5.57 Å². The molecule has 0 amide bonds. The smallest absolute Gasteiger partial charge is 0.334 e. The molecule has 1 aromatic rings. The molecule has 0 unspecified atom stereocenters. The van der Waals surface area contributed by atoms with E-state index in [4.69, 9.17) is 9.47 Å². The van der Waals surface area contributed by atoms with Crippen molar-refractivity contribution in [2.45, 2.75) is 63.7 Å². The topological polar surface area (TPSA) is 86.7 Å². The maximum absolute atomic E-state index is 12.2. The minimum Gasteiger partial charge on any atom is -0.465 e. The molecule has 0 aliphatic carbocycles. The molecule has 0 saturated heterocycles. The van der Waals surface area contributed by atoms with Gasteiger partial charge in [0.05, 0.1) is 23.7 Å². The molecule has 0 bridgehead atoms. The van der Waals surface area contributed by atoms with Crippen molar-refractivity contribution in [1.29, 1.82) is 0 Å². The molecule has 1 rings (SSSR count). The minimum atomic E-state index is -3.54. The summed E-state index contributed by atoms with van der Waals surface area (Å²) < 4.78 is 34.5. The highest BCUT2D eigenvalue weighted by Crippen LogP contribution is 2.13. The van der Waals surface area contributed by atoms with Crippen molar-refractivity contribution in [2.75, 3.05) is 19.0 Å². The molecule has 1 aromatic carbocycles. The zero-order chi connectivity index (χ0) is 21.7. The van der Waals surface area contributed by atoms with Gasteiger partial charge in [-0.15, -0.1) is 0 Å². The van der Waals surface area contributed by atoms with E-state index in [1.807, 2.05) is 6.92 Å². The van der Waals surface area contributed by atoms with E-state index in [1.54, 1.807) is 12.1 Å². The number of benzene rings is 1. The third-order valence-corrected chi connectivity index (χ3v) is 6.07. The van der Waals surface area contributed by atoms with Crippen LogP contribution in [-0.2, 0) is 28.9 Å². The van der Waals surface area contributed by atoms with Gasteiger partial charge in [0.15, 0.2) is 9.84 Å². The quantitative estimate of drug-likeness (QED) is 0.253. The Morgan fingerprint density at radius 2 is 1.55 bits per heavy atom. The molecule has 0 aliphatic rings. The van der Waals surface area contributed by atoms with E-state index < -0.39 is 21.8 Å². The highest BCUT2D eigenvalue weighted by Gasteiger charge is 2.18. The van der Waals surface area contributed by atoms with Gasteiger partial charge in [-0.3, -0.25) is 4.79 Å². The van der Waals surface area contributed by atoms with E-state index in [9.17, 15) is 18.0 Å². The fourth-order valence-electron chi connectivity index (χ4n) is 2.58. The third kappa shape index (κ3) is 10.3.